The van der Waals surface area contributed by atoms with Gasteiger partial charge in [0.05, 0.1) is 11.6 Å². The molecule has 1 aliphatic rings. The number of carbonyl (C=O) groups excluding carboxylic acids is 1. The van der Waals surface area contributed by atoms with Gasteiger partial charge >= 0.3 is 0 Å². The molecule has 6 heteroatoms. The Morgan fingerprint density at radius 1 is 1.18 bits per heavy atom. The number of aromatic amines is 1. The minimum atomic E-state index is -0.242. The Morgan fingerprint density at radius 2 is 2.00 bits per heavy atom. The maximum Gasteiger partial charge on any atom is 0.219 e. The summed E-state index contributed by atoms with van der Waals surface area (Å²) in [6, 6.07) is 11.4. The molecule has 1 aliphatic heterocycles. The maximum atomic E-state index is 13.5. The molecule has 0 unspecified atom stereocenters. The van der Waals surface area contributed by atoms with E-state index < -0.39 is 0 Å². The van der Waals surface area contributed by atoms with Crippen LogP contribution < -0.4 is 0 Å². The van der Waals surface area contributed by atoms with Crippen molar-refractivity contribution >= 4 is 27.7 Å². The molecule has 5 rings (SSSR count). The third-order valence-corrected chi connectivity index (χ3v) is 5.76. The van der Waals surface area contributed by atoms with Crippen LogP contribution in [0.4, 0.5) is 4.39 Å². The van der Waals surface area contributed by atoms with Crippen LogP contribution in [0.3, 0.4) is 0 Å². The number of hydrogen-bond acceptors (Lipinski definition) is 2. The highest BCUT2D eigenvalue weighted by atomic mass is 19.1. The molecular formula is C22H21FN4O. The van der Waals surface area contributed by atoms with E-state index in [2.05, 4.69) is 28.0 Å². The number of nitrogens with zero attached hydrogens (tertiary/aromatic N) is 3. The standard InChI is InChI=1S/C22H21FN4O/c1-14(28)26-8-6-18(7-9-26)27-13-16-10-15(2-5-21(16)25-27)20-12-24-22-11-17(23)3-4-19(20)22/h2-5,10-13,18,24H,6-9H2,1H3. The van der Waals surface area contributed by atoms with Gasteiger partial charge in [0.15, 0.2) is 0 Å². The molecule has 1 fully saturated rings. The molecule has 5 nitrogen and oxygen atoms in total. The van der Waals surface area contributed by atoms with Crippen LogP contribution in [0.1, 0.15) is 25.8 Å². The lowest BCUT2D eigenvalue weighted by Crippen LogP contribution is -2.37. The number of likely N-dealkylation sites (tertiary alicyclic amines) is 1. The lowest BCUT2D eigenvalue weighted by molar-refractivity contribution is -0.130. The molecule has 4 aromatic rings. The number of fused-ring (bicyclic) bond motifs is 2. The number of piperidine rings is 1. The molecule has 142 valence electrons. The van der Waals surface area contributed by atoms with Crippen LogP contribution in [0.2, 0.25) is 0 Å². The molecule has 0 aliphatic carbocycles. The topological polar surface area (TPSA) is 53.9 Å². The smallest absolute Gasteiger partial charge is 0.219 e. The molecule has 0 bridgehead atoms. The number of halogens is 1. The first-order chi connectivity index (χ1) is 13.6. The van der Waals surface area contributed by atoms with E-state index in [0.717, 1.165) is 58.9 Å². The van der Waals surface area contributed by atoms with Gasteiger partial charge in [-0.1, -0.05) is 6.07 Å². The van der Waals surface area contributed by atoms with Crippen LogP contribution in [0.5, 0.6) is 0 Å². The van der Waals surface area contributed by atoms with Crippen LogP contribution in [0.15, 0.2) is 48.8 Å². The molecule has 2 aromatic heterocycles. The Morgan fingerprint density at radius 3 is 2.79 bits per heavy atom. The van der Waals surface area contributed by atoms with Crippen molar-refractivity contribution < 1.29 is 9.18 Å². The van der Waals surface area contributed by atoms with Crippen LogP contribution in [-0.2, 0) is 4.79 Å². The molecule has 1 N–H and O–H groups in total. The summed E-state index contributed by atoms with van der Waals surface area (Å²) in [5, 5.41) is 6.85. The minimum absolute atomic E-state index is 0.146. The lowest BCUT2D eigenvalue weighted by Gasteiger charge is -2.31. The van der Waals surface area contributed by atoms with Crippen molar-refractivity contribution in [1.82, 2.24) is 19.7 Å². The first-order valence-electron chi connectivity index (χ1n) is 9.60. The Bertz CT molecular complexity index is 1180. The summed E-state index contributed by atoms with van der Waals surface area (Å²) in [5.41, 5.74) is 3.89. The van der Waals surface area contributed by atoms with Gasteiger partial charge in [0.25, 0.3) is 0 Å². The summed E-state index contributed by atoms with van der Waals surface area (Å²) in [7, 11) is 0. The zero-order valence-corrected chi connectivity index (χ0v) is 15.7. The highest BCUT2D eigenvalue weighted by Crippen LogP contribution is 2.32. The largest absolute Gasteiger partial charge is 0.360 e. The van der Waals surface area contributed by atoms with Gasteiger partial charge in [-0.2, -0.15) is 5.10 Å². The number of carbonyl (C=O) groups is 1. The summed E-state index contributed by atoms with van der Waals surface area (Å²) in [6.07, 6.45) is 5.87. The fourth-order valence-corrected chi connectivity index (χ4v) is 4.18. The molecule has 0 spiro atoms. The Labute approximate surface area is 161 Å². The summed E-state index contributed by atoms with van der Waals surface area (Å²) in [6.45, 7) is 3.20. The number of benzene rings is 2. The molecule has 1 saturated heterocycles. The van der Waals surface area contributed by atoms with Crippen LogP contribution in [0.25, 0.3) is 32.9 Å². The quantitative estimate of drug-likeness (QED) is 0.560. The molecule has 2 aromatic carbocycles. The van der Waals surface area contributed by atoms with E-state index >= 15 is 0 Å². The Hall–Kier alpha value is -3.15. The van der Waals surface area contributed by atoms with Crippen molar-refractivity contribution in [3.05, 3.63) is 54.6 Å². The highest BCUT2D eigenvalue weighted by molar-refractivity contribution is 5.97. The fourth-order valence-electron chi connectivity index (χ4n) is 4.18. The highest BCUT2D eigenvalue weighted by Gasteiger charge is 2.22. The monoisotopic (exact) mass is 376 g/mol. The Balaban J connectivity index is 1.46. The van der Waals surface area contributed by atoms with Crippen molar-refractivity contribution in [3.8, 4) is 11.1 Å². The summed E-state index contributed by atoms with van der Waals surface area (Å²) in [5.74, 6) is -0.0965. The third-order valence-electron chi connectivity index (χ3n) is 5.76. The van der Waals surface area contributed by atoms with E-state index in [0.29, 0.717) is 6.04 Å². The van der Waals surface area contributed by atoms with Crippen molar-refractivity contribution in [2.75, 3.05) is 13.1 Å². The van der Waals surface area contributed by atoms with E-state index in [-0.39, 0.29) is 11.7 Å². The molecule has 28 heavy (non-hydrogen) atoms. The van der Waals surface area contributed by atoms with Crippen LogP contribution >= 0.6 is 0 Å². The van der Waals surface area contributed by atoms with Crippen molar-refractivity contribution in [2.45, 2.75) is 25.8 Å². The molecule has 0 atom stereocenters. The maximum absolute atomic E-state index is 13.5. The van der Waals surface area contributed by atoms with E-state index in [4.69, 9.17) is 5.10 Å². The zero-order valence-electron chi connectivity index (χ0n) is 15.7. The number of nitrogens with one attached hydrogen (secondary N) is 1. The normalized spacial score (nSPS) is 15.6. The van der Waals surface area contributed by atoms with Gasteiger partial charge in [0, 0.05) is 54.3 Å². The predicted molar refractivity (Wildman–Crippen MR) is 108 cm³/mol. The predicted octanol–water partition coefficient (Wildman–Crippen LogP) is 4.51. The third kappa shape index (κ3) is 2.85. The van der Waals surface area contributed by atoms with Crippen molar-refractivity contribution in [1.29, 1.82) is 0 Å². The molecule has 0 saturated carbocycles. The van der Waals surface area contributed by atoms with E-state index in [1.807, 2.05) is 23.2 Å². The summed E-state index contributed by atoms with van der Waals surface area (Å²) < 4.78 is 15.5. The Kier molecular flexibility index (Phi) is 3.93. The molecule has 1 amide bonds. The first kappa shape index (κ1) is 17.0. The van der Waals surface area contributed by atoms with E-state index in [1.165, 1.54) is 12.1 Å². The van der Waals surface area contributed by atoms with Gasteiger partial charge in [-0.15, -0.1) is 0 Å². The number of rotatable bonds is 2. The molecular weight excluding hydrogens is 355 g/mol. The van der Waals surface area contributed by atoms with Gasteiger partial charge in [0.1, 0.15) is 5.82 Å². The average molecular weight is 376 g/mol. The second-order valence-corrected chi connectivity index (χ2v) is 7.51. The number of hydrogen-bond donors (Lipinski definition) is 1. The van der Waals surface area contributed by atoms with Gasteiger partial charge in [-0.3, -0.25) is 9.48 Å². The van der Waals surface area contributed by atoms with Crippen molar-refractivity contribution in [3.63, 3.8) is 0 Å². The zero-order chi connectivity index (χ0) is 19.3. The van der Waals surface area contributed by atoms with Gasteiger partial charge in [0.2, 0.25) is 5.91 Å². The first-order valence-corrected chi connectivity index (χ1v) is 9.60. The van der Waals surface area contributed by atoms with Gasteiger partial charge in [-0.25, -0.2) is 4.39 Å². The SMILES string of the molecule is CC(=O)N1CCC(n2cc3cc(-c4c[nH]c5cc(F)ccc45)ccc3n2)CC1. The summed E-state index contributed by atoms with van der Waals surface area (Å²) in [4.78, 5) is 16.6. The van der Waals surface area contributed by atoms with Gasteiger partial charge in [-0.05, 0) is 48.7 Å². The summed E-state index contributed by atoms with van der Waals surface area (Å²) >= 11 is 0. The lowest BCUT2D eigenvalue weighted by atomic mass is 10.0. The average Bonchev–Trinajstić information content (AvgIpc) is 3.31. The molecule has 0 radical (unpaired) electrons. The van der Waals surface area contributed by atoms with Gasteiger partial charge < -0.3 is 9.88 Å². The van der Waals surface area contributed by atoms with E-state index in [1.54, 1.807) is 6.92 Å². The number of amides is 1. The second-order valence-electron chi connectivity index (χ2n) is 7.51. The second kappa shape index (κ2) is 6.48. The van der Waals surface area contributed by atoms with Crippen LogP contribution in [0, 0.1) is 5.82 Å². The fraction of sp³-hybridized carbons (Fsp3) is 0.273. The van der Waals surface area contributed by atoms with Crippen molar-refractivity contribution in [2.24, 2.45) is 0 Å². The number of aromatic nitrogens is 3. The minimum Gasteiger partial charge on any atom is -0.360 e. The molecule has 3 heterocycles. The van der Waals surface area contributed by atoms with Crippen LogP contribution in [-0.4, -0.2) is 38.7 Å². The van der Waals surface area contributed by atoms with E-state index in [9.17, 15) is 9.18 Å². The number of H-pyrrole nitrogens is 1.